The Kier molecular flexibility index (Phi) is 51.2. The van der Waals surface area contributed by atoms with Gasteiger partial charge in [0, 0.05) is 0 Å². The Morgan fingerprint density at radius 1 is 0.381 bits per heavy atom. The second-order valence-electron chi connectivity index (χ2n) is 20.0. The normalized spacial score (nSPS) is 13.8. The van der Waals surface area contributed by atoms with Crippen LogP contribution >= 0.6 is 0 Å². The van der Waals surface area contributed by atoms with Crippen LogP contribution in [0.25, 0.3) is 0 Å². The SMILES string of the molecule is CCCCCCCCCCCCCC/C=C\CCCCCCCCCCCCCCCCC(O)C(=O)NC(CO)C(O)C(O)CCCCCCCCCCCCCCCCCCC. The first kappa shape index (κ1) is 62.1. The highest BCUT2D eigenvalue weighted by Crippen LogP contribution is 2.18. The summed E-state index contributed by atoms with van der Waals surface area (Å²) in [6.07, 6.45) is 61.4. The molecule has 4 unspecified atom stereocenters. The highest BCUT2D eigenvalue weighted by atomic mass is 16.3. The third-order valence-electron chi connectivity index (χ3n) is 13.7. The fraction of sp³-hybridized carbons (Fsp3) is 0.947. The smallest absolute Gasteiger partial charge is 0.249 e. The van der Waals surface area contributed by atoms with Gasteiger partial charge in [-0.15, -0.1) is 0 Å². The van der Waals surface area contributed by atoms with E-state index in [1.807, 2.05) is 0 Å². The Bertz CT molecular complexity index is 913. The molecule has 63 heavy (non-hydrogen) atoms. The van der Waals surface area contributed by atoms with E-state index in [0.29, 0.717) is 12.8 Å². The van der Waals surface area contributed by atoms with Crippen LogP contribution < -0.4 is 5.32 Å². The molecule has 0 aromatic carbocycles. The van der Waals surface area contributed by atoms with Gasteiger partial charge in [-0.2, -0.15) is 0 Å². The zero-order valence-corrected chi connectivity index (χ0v) is 42.6. The number of allylic oxidation sites excluding steroid dienone is 2. The van der Waals surface area contributed by atoms with E-state index < -0.39 is 36.9 Å². The van der Waals surface area contributed by atoms with Gasteiger partial charge in [0.2, 0.25) is 5.91 Å². The number of unbranched alkanes of at least 4 members (excludes halogenated alkanes) is 42. The van der Waals surface area contributed by atoms with Crippen LogP contribution in [-0.4, -0.2) is 57.3 Å². The highest BCUT2D eigenvalue weighted by molar-refractivity contribution is 5.80. The molecule has 0 fully saturated rings. The lowest BCUT2D eigenvalue weighted by atomic mass is 9.99. The first-order valence-corrected chi connectivity index (χ1v) is 28.6. The minimum Gasteiger partial charge on any atom is -0.394 e. The van der Waals surface area contributed by atoms with Gasteiger partial charge in [-0.1, -0.05) is 289 Å². The minimum absolute atomic E-state index is 0.373. The maximum Gasteiger partial charge on any atom is 0.249 e. The largest absolute Gasteiger partial charge is 0.394 e. The molecule has 0 bridgehead atoms. The summed E-state index contributed by atoms with van der Waals surface area (Å²) < 4.78 is 0. The molecule has 6 heteroatoms. The predicted molar refractivity (Wildman–Crippen MR) is 275 cm³/mol. The van der Waals surface area contributed by atoms with Gasteiger partial charge in [0.25, 0.3) is 0 Å². The molecule has 4 atom stereocenters. The van der Waals surface area contributed by atoms with Crippen molar-refractivity contribution in [2.45, 2.75) is 340 Å². The van der Waals surface area contributed by atoms with Crippen LogP contribution in [0.3, 0.4) is 0 Å². The summed E-state index contributed by atoms with van der Waals surface area (Å²) in [5, 5.41) is 44.0. The molecule has 0 aromatic heterocycles. The molecule has 6 nitrogen and oxygen atoms in total. The van der Waals surface area contributed by atoms with Crippen LogP contribution in [-0.2, 0) is 4.79 Å². The van der Waals surface area contributed by atoms with E-state index in [2.05, 4.69) is 31.3 Å². The molecule has 0 rings (SSSR count). The first-order valence-electron chi connectivity index (χ1n) is 28.6. The fourth-order valence-corrected chi connectivity index (χ4v) is 9.23. The summed E-state index contributed by atoms with van der Waals surface area (Å²) in [5.74, 6) is -0.578. The molecular weight excluding hydrogens is 779 g/mol. The van der Waals surface area contributed by atoms with Crippen molar-refractivity contribution >= 4 is 5.91 Å². The molecule has 0 aliphatic heterocycles. The molecule has 1 amide bonds. The topological polar surface area (TPSA) is 110 Å². The van der Waals surface area contributed by atoms with Gasteiger partial charge in [-0.3, -0.25) is 4.79 Å². The third-order valence-corrected chi connectivity index (χ3v) is 13.7. The van der Waals surface area contributed by atoms with E-state index >= 15 is 0 Å². The number of amides is 1. The zero-order chi connectivity index (χ0) is 45.9. The standard InChI is InChI=1S/C57H113NO5/c1-3-5-7-9-11-13-15-17-19-21-22-23-24-25-26-27-28-29-30-31-32-33-35-37-39-41-43-45-47-49-51-55(61)57(63)58-53(52-59)56(62)54(60)50-48-46-44-42-40-38-36-34-20-18-16-14-12-10-8-6-4-2/h25-26,53-56,59-62H,3-24,27-52H2,1-2H3,(H,58,63)/b26-25-. The summed E-state index contributed by atoms with van der Waals surface area (Å²) in [6.45, 7) is 4.09. The number of rotatable bonds is 53. The van der Waals surface area contributed by atoms with E-state index in [0.717, 1.165) is 38.5 Å². The molecule has 376 valence electrons. The second-order valence-corrected chi connectivity index (χ2v) is 20.0. The lowest BCUT2D eigenvalue weighted by Gasteiger charge is -2.27. The summed E-state index contributed by atoms with van der Waals surface area (Å²) in [7, 11) is 0. The number of carbonyl (C=O) groups excluding carboxylic acids is 1. The molecule has 0 heterocycles. The number of hydrogen-bond acceptors (Lipinski definition) is 5. The van der Waals surface area contributed by atoms with E-state index in [-0.39, 0.29) is 0 Å². The molecule has 5 N–H and O–H groups in total. The van der Waals surface area contributed by atoms with Crippen molar-refractivity contribution in [1.29, 1.82) is 0 Å². The van der Waals surface area contributed by atoms with Crippen LogP contribution in [0.2, 0.25) is 0 Å². The van der Waals surface area contributed by atoms with E-state index in [4.69, 9.17) is 0 Å². The average molecular weight is 893 g/mol. The molecule has 0 saturated heterocycles. The van der Waals surface area contributed by atoms with Gasteiger partial charge in [-0.05, 0) is 38.5 Å². The Morgan fingerprint density at radius 3 is 0.921 bits per heavy atom. The van der Waals surface area contributed by atoms with Crippen LogP contribution in [0.15, 0.2) is 12.2 Å². The molecule has 0 aliphatic carbocycles. The van der Waals surface area contributed by atoms with E-state index in [1.54, 1.807) is 0 Å². The van der Waals surface area contributed by atoms with Crippen LogP contribution in [0.5, 0.6) is 0 Å². The van der Waals surface area contributed by atoms with Gasteiger partial charge in [0.1, 0.15) is 12.2 Å². The number of aliphatic hydroxyl groups excluding tert-OH is 4. The molecular formula is C57H113NO5. The van der Waals surface area contributed by atoms with Gasteiger partial charge in [-0.25, -0.2) is 0 Å². The van der Waals surface area contributed by atoms with E-state index in [1.165, 1.54) is 250 Å². The maximum atomic E-state index is 12.6. The summed E-state index contributed by atoms with van der Waals surface area (Å²) >= 11 is 0. The van der Waals surface area contributed by atoms with Gasteiger partial charge in [0.15, 0.2) is 0 Å². The van der Waals surface area contributed by atoms with Crippen molar-refractivity contribution in [2.24, 2.45) is 0 Å². The number of nitrogens with one attached hydrogen (secondary N) is 1. The van der Waals surface area contributed by atoms with Crippen LogP contribution in [0.1, 0.15) is 316 Å². The highest BCUT2D eigenvalue weighted by Gasteiger charge is 2.28. The third kappa shape index (κ3) is 46.0. The van der Waals surface area contributed by atoms with Gasteiger partial charge >= 0.3 is 0 Å². The number of carbonyl (C=O) groups is 1. The number of hydrogen-bond donors (Lipinski definition) is 5. The molecule has 0 saturated carbocycles. The lowest BCUT2D eigenvalue weighted by molar-refractivity contribution is -0.132. The minimum atomic E-state index is -1.26. The Morgan fingerprint density at radius 2 is 0.635 bits per heavy atom. The second kappa shape index (κ2) is 52.0. The summed E-state index contributed by atoms with van der Waals surface area (Å²) in [6, 6.07) is -0.982. The van der Waals surface area contributed by atoms with Crippen LogP contribution in [0, 0.1) is 0 Å². The summed E-state index contributed by atoms with van der Waals surface area (Å²) in [4.78, 5) is 12.6. The van der Waals surface area contributed by atoms with Crippen molar-refractivity contribution in [3.8, 4) is 0 Å². The maximum absolute atomic E-state index is 12.6. The quantitative estimate of drug-likeness (QED) is 0.0309. The molecule has 0 aromatic rings. The zero-order valence-electron chi connectivity index (χ0n) is 42.6. The average Bonchev–Trinajstić information content (AvgIpc) is 3.29. The lowest BCUT2D eigenvalue weighted by Crippen LogP contribution is -2.53. The number of aliphatic hydroxyl groups is 4. The first-order chi connectivity index (χ1) is 31.0. The Balaban J connectivity index is 3.57. The predicted octanol–water partition coefficient (Wildman–Crippen LogP) is 16.5. The van der Waals surface area contributed by atoms with Crippen molar-refractivity contribution in [3.05, 3.63) is 12.2 Å². The monoisotopic (exact) mass is 892 g/mol. The Labute approximate surface area is 393 Å². The Hall–Kier alpha value is -0.950. The summed E-state index contributed by atoms with van der Waals surface area (Å²) in [5.41, 5.74) is 0. The van der Waals surface area contributed by atoms with Gasteiger partial charge < -0.3 is 25.7 Å². The molecule has 0 aliphatic rings. The van der Waals surface area contributed by atoms with Gasteiger partial charge in [0.05, 0.1) is 18.8 Å². The van der Waals surface area contributed by atoms with Crippen LogP contribution in [0.4, 0.5) is 0 Å². The van der Waals surface area contributed by atoms with Crippen molar-refractivity contribution < 1.29 is 25.2 Å². The fourth-order valence-electron chi connectivity index (χ4n) is 9.23. The van der Waals surface area contributed by atoms with Crippen molar-refractivity contribution in [2.75, 3.05) is 6.61 Å². The molecule has 0 radical (unpaired) electrons. The van der Waals surface area contributed by atoms with Crippen molar-refractivity contribution in [1.82, 2.24) is 5.32 Å². The molecule has 0 spiro atoms. The van der Waals surface area contributed by atoms with Crippen molar-refractivity contribution in [3.63, 3.8) is 0 Å². The van der Waals surface area contributed by atoms with E-state index in [9.17, 15) is 25.2 Å².